The van der Waals surface area contributed by atoms with Gasteiger partial charge in [-0.3, -0.25) is 9.78 Å². The Morgan fingerprint density at radius 1 is 0.862 bits per heavy atom. The monoisotopic (exact) mass is 382 g/mol. The number of aryl methyl sites for hydroxylation is 1. The Morgan fingerprint density at radius 2 is 1.72 bits per heavy atom. The summed E-state index contributed by atoms with van der Waals surface area (Å²) in [5.41, 5.74) is 4.30. The third-order valence-electron chi connectivity index (χ3n) is 4.68. The molecule has 0 atom stereocenters. The molecule has 0 radical (unpaired) electrons. The van der Waals surface area contributed by atoms with Crippen molar-refractivity contribution in [1.29, 1.82) is 0 Å². The first-order valence-electron chi connectivity index (χ1n) is 9.68. The van der Waals surface area contributed by atoms with Crippen molar-refractivity contribution in [2.24, 2.45) is 0 Å². The van der Waals surface area contributed by atoms with Crippen LogP contribution in [0.5, 0.6) is 0 Å². The average Bonchev–Trinajstić information content (AvgIpc) is 2.78. The minimum Gasteiger partial charge on any atom is -0.352 e. The first-order chi connectivity index (χ1) is 14.3. The number of amides is 1. The molecule has 4 rings (SSSR count). The normalized spacial score (nSPS) is 10.6. The second kappa shape index (κ2) is 8.97. The van der Waals surface area contributed by atoms with Crippen LogP contribution in [0.4, 0.5) is 11.4 Å². The zero-order valence-electron chi connectivity index (χ0n) is 16.0. The van der Waals surface area contributed by atoms with E-state index in [0.29, 0.717) is 12.2 Å². The maximum atomic E-state index is 12.3. The lowest BCUT2D eigenvalue weighted by Crippen LogP contribution is -2.25. The van der Waals surface area contributed by atoms with E-state index in [4.69, 9.17) is 0 Å². The zero-order chi connectivity index (χ0) is 19.9. The van der Waals surface area contributed by atoms with E-state index in [1.807, 2.05) is 54.6 Å². The third kappa shape index (κ3) is 4.76. The number of nitrogens with zero attached hydrogens (tertiary/aromatic N) is 2. The summed E-state index contributed by atoms with van der Waals surface area (Å²) in [4.78, 5) is 21.0. The summed E-state index contributed by atoms with van der Waals surface area (Å²) >= 11 is 0. The fraction of sp³-hybridized carbons (Fsp3) is 0.125. The number of anilines is 2. The Morgan fingerprint density at radius 3 is 2.55 bits per heavy atom. The van der Waals surface area contributed by atoms with Crippen molar-refractivity contribution in [3.8, 4) is 0 Å². The molecule has 0 bridgehead atoms. The molecule has 0 saturated heterocycles. The summed E-state index contributed by atoms with van der Waals surface area (Å²) in [5.74, 6) is -0.156. The molecule has 0 aliphatic carbocycles. The van der Waals surface area contributed by atoms with Crippen molar-refractivity contribution in [2.45, 2.75) is 12.8 Å². The number of carbonyl (C=O) groups is 1. The number of hydrogen-bond donors (Lipinski definition) is 2. The number of hydrogen-bond acceptors (Lipinski definition) is 4. The summed E-state index contributed by atoms with van der Waals surface area (Å²) in [5, 5.41) is 7.32. The number of pyridine rings is 2. The van der Waals surface area contributed by atoms with Gasteiger partial charge >= 0.3 is 0 Å². The fourth-order valence-corrected chi connectivity index (χ4v) is 3.19. The summed E-state index contributed by atoms with van der Waals surface area (Å²) < 4.78 is 0. The molecule has 4 aromatic rings. The Bertz CT molecular complexity index is 1090. The topological polar surface area (TPSA) is 66.9 Å². The fourth-order valence-electron chi connectivity index (χ4n) is 3.19. The van der Waals surface area contributed by atoms with Crippen LogP contribution in [0.3, 0.4) is 0 Å². The van der Waals surface area contributed by atoms with Crippen molar-refractivity contribution in [3.05, 3.63) is 96.4 Å². The van der Waals surface area contributed by atoms with E-state index in [2.05, 4.69) is 32.7 Å². The van der Waals surface area contributed by atoms with E-state index in [9.17, 15) is 4.79 Å². The number of carbonyl (C=O) groups excluding carboxylic acids is 1. The summed E-state index contributed by atoms with van der Waals surface area (Å²) in [7, 11) is 0. The minimum absolute atomic E-state index is 0.156. The van der Waals surface area contributed by atoms with Crippen LogP contribution in [0.2, 0.25) is 0 Å². The van der Waals surface area contributed by atoms with E-state index in [-0.39, 0.29) is 5.91 Å². The first kappa shape index (κ1) is 18.6. The molecule has 2 N–H and O–H groups in total. The van der Waals surface area contributed by atoms with Gasteiger partial charge in [-0.2, -0.15) is 0 Å². The molecule has 0 aliphatic rings. The van der Waals surface area contributed by atoms with Gasteiger partial charge in [0.2, 0.25) is 0 Å². The highest BCUT2D eigenvalue weighted by Crippen LogP contribution is 2.24. The Labute approximate surface area is 169 Å². The van der Waals surface area contributed by atoms with Crippen LogP contribution in [0.1, 0.15) is 22.5 Å². The van der Waals surface area contributed by atoms with Gasteiger partial charge in [0.1, 0.15) is 5.69 Å². The maximum Gasteiger partial charge on any atom is 0.269 e. The standard InChI is InChI=1S/C24H22N4O/c29-24(26-16-5-9-18-7-2-1-3-8-18)22-14-13-20(17-27-22)28-21-12-4-10-19-11-6-15-25-23(19)21/h1-4,6-8,10-15,17,28H,5,9,16H2,(H,26,29). The van der Waals surface area contributed by atoms with Gasteiger partial charge in [-0.05, 0) is 42.7 Å². The lowest BCUT2D eigenvalue weighted by molar-refractivity contribution is 0.0948. The van der Waals surface area contributed by atoms with Gasteiger partial charge in [0.05, 0.1) is 23.1 Å². The number of benzene rings is 2. The SMILES string of the molecule is O=C(NCCCc1ccccc1)c1ccc(Nc2cccc3cccnc23)cn1. The molecule has 29 heavy (non-hydrogen) atoms. The second-order valence-corrected chi connectivity index (χ2v) is 6.78. The van der Waals surface area contributed by atoms with Gasteiger partial charge in [0.15, 0.2) is 0 Å². The van der Waals surface area contributed by atoms with Crippen LogP contribution in [0, 0.1) is 0 Å². The lowest BCUT2D eigenvalue weighted by Gasteiger charge is -2.09. The predicted octanol–water partition coefficient (Wildman–Crippen LogP) is 4.74. The highest BCUT2D eigenvalue weighted by atomic mass is 16.1. The smallest absolute Gasteiger partial charge is 0.269 e. The van der Waals surface area contributed by atoms with Gasteiger partial charge in [-0.1, -0.05) is 48.5 Å². The van der Waals surface area contributed by atoms with Gasteiger partial charge in [0, 0.05) is 18.1 Å². The number of nitrogens with one attached hydrogen (secondary N) is 2. The van der Waals surface area contributed by atoms with Crippen molar-refractivity contribution < 1.29 is 4.79 Å². The van der Waals surface area contributed by atoms with Gasteiger partial charge in [-0.15, -0.1) is 0 Å². The molecule has 2 aromatic heterocycles. The van der Waals surface area contributed by atoms with Crippen molar-refractivity contribution in [2.75, 3.05) is 11.9 Å². The van der Waals surface area contributed by atoms with E-state index in [1.165, 1.54) is 5.56 Å². The Kier molecular flexibility index (Phi) is 5.76. The molecule has 0 spiro atoms. The average molecular weight is 382 g/mol. The lowest BCUT2D eigenvalue weighted by atomic mass is 10.1. The number of rotatable bonds is 7. The van der Waals surface area contributed by atoms with Crippen molar-refractivity contribution >= 4 is 28.2 Å². The zero-order valence-corrected chi connectivity index (χ0v) is 16.0. The number of aromatic nitrogens is 2. The van der Waals surface area contributed by atoms with E-state index < -0.39 is 0 Å². The van der Waals surface area contributed by atoms with E-state index in [1.54, 1.807) is 18.5 Å². The Hall–Kier alpha value is -3.73. The molecular formula is C24H22N4O. The summed E-state index contributed by atoms with van der Waals surface area (Å²) in [6, 6.07) is 23.8. The second-order valence-electron chi connectivity index (χ2n) is 6.78. The molecule has 2 heterocycles. The van der Waals surface area contributed by atoms with E-state index >= 15 is 0 Å². The van der Waals surface area contributed by atoms with E-state index in [0.717, 1.165) is 35.1 Å². The number of para-hydroxylation sites is 1. The van der Waals surface area contributed by atoms with Crippen LogP contribution in [-0.2, 0) is 6.42 Å². The quantitative estimate of drug-likeness (QED) is 0.453. The molecule has 2 aromatic carbocycles. The molecule has 0 fully saturated rings. The molecule has 144 valence electrons. The van der Waals surface area contributed by atoms with Crippen LogP contribution in [-0.4, -0.2) is 22.4 Å². The highest BCUT2D eigenvalue weighted by Gasteiger charge is 2.07. The van der Waals surface area contributed by atoms with Crippen LogP contribution in [0.15, 0.2) is 85.2 Å². The minimum atomic E-state index is -0.156. The van der Waals surface area contributed by atoms with Crippen LogP contribution >= 0.6 is 0 Å². The van der Waals surface area contributed by atoms with Gasteiger partial charge < -0.3 is 10.6 Å². The molecular weight excluding hydrogens is 360 g/mol. The number of fused-ring (bicyclic) bond motifs is 1. The molecule has 0 saturated carbocycles. The maximum absolute atomic E-state index is 12.3. The molecule has 5 nitrogen and oxygen atoms in total. The van der Waals surface area contributed by atoms with Gasteiger partial charge in [-0.25, -0.2) is 4.98 Å². The summed E-state index contributed by atoms with van der Waals surface area (Å²) in [6.45, 7) is 0.622. The molecule has 1 amide bonds. The van der Waals surface area contributed by atoms with Gasteiger partial charge in [0.25, 0.3) is 5.91 Å². The molecule has 0 unspecified atom stereocenters. The van der Waals surface area contributed by atoms with Crippen LogP contribution in [0.25, 0.3) is 10.9 Å². The summed E-state index contributed by atoms with van der Waals surface area (Å²) in [6.07, 6.45) is 5.28. The largest absolute Gasteiger partial charge is 0.352 e. The predicted molar refractivity (Wildman–Crippen MR) is 116 cm³/mol. The van der Waals surface area contributed by atoms with Crippen molar-refractivity contribution in [3.63, 3.8) is 0 Å². The third-order valence-corrected chi connectivity index (χ3v) is 4.68. The van der Waals surface area contributed by atoms with Crippen molar-refractivity contribution in [1.82, 2.24) is 15.3 Å². The molecule has 5 heteroatoms. The highest BCUT2D eigenvalue weighted by molar-refractivity contribution is 5.93. The van der Waals surface area contributed by atoms with Crippen LogP contribution < -0.4 is 10.6 Å². The first-order valence-corrected chi connectivity index (χ1v) is 9.68. The molecule has 0 aliphatic heterocycles. The Balaban J connectivity index is 1.33.